The molecule has 0 aliphatic carbocycles. The van der Waals surface area contributed by atoms with Crippen molar-refractivity contribution in [3.8, 4) is 0 Å². The first kappa shape index (κ1) is 15.5. The molecule has 0 saturated carbocycles. The normalized spacial score (nSPS) is 12.0. The summed E-state index contributed by atoms with van der Waals surface area (Å²) in [5.74, 6) is -0.481. The van der Waals surface area contributed by atoms with Crippen LogP contribution < -0.4 is 5.32 Å². The van der Waals surface area contributed by atoms with Crippen LogP contribution in [0, 0.1) is 6.92 Å². The molecule has 0 bridgehead atoms. The van der Waals surface area contributed by atoms with Gasteiger partial charge in [-0.25, -0.2) is 13.2 Å². The first-order valence-corrected chi connectivity index (χ1v) is 7.52. The summed E-state index contributed by atoms with van der Waals surface area (Å²) >= 11 is 0. The van der Waals surface area contributed by atoms with E-state index in [-0.39, 0.29) is 4.90 Å². The fourth-order valence-corrected chi connectivity index (χ4v) is 2.32. The van der Waals surface area contributed by atoms with Gasteiger partial charge in [0.25, 0.3) is 0 Å². The summed E-state index contributed by atoms with van der Waals surface area (Å²) in [6.45, 7) is 7.00. The molecule has 0 heterocycles. The van der Waals surface area contributed by atoms with Crippen molar-refractivity contribution in [2.24, 2.45) is 0 Å². The maximum Gasteiger partial charge on any atom is 0.408 e. The Hall–Kier alpha value is -1.56. The molecule has 1 N–H and O–H groups in total. The smallest absolute Gasteiger partial charge is 0.408 e. The van der Waals surface area contributed by atoms with E-state index in [0.29, 0.717) is 0 Å². The van der Waals surface area contributed by atoms with Crippen molar-refractivity contribution in [3.05, 3.63) is 29.8 Å². The number of alkyl carbamates (subject to hydrolysis) is 1. The molecule has 106 valence electrons. The summed E-state index contributed by atoms with van der Waals surface area (Å²) in [4.78, 5) is 11.6. The van der Waals surface area contributed by atoms with Gasteiger partial charge in [-0.15, -0.1) is 0 Å². The molecule has 0 aliphatic heterocycles. The van der Waals surface area contributed by atoms with Gasteiger partial charge < -0.3 is 10.1 Å². The van der Waals surface area contributed by atoms with Crippen molar-refractivity contribution in [1.29, 1.82) is 0 Å². The van der Waals surface area contributed by atoms with Crippen molar-refractivity contribution in [1.82, 2.24) is 5.32 Å². The number of ether oxygens (including phenoxy) is 1. The molecule has 0 aromatic heterocycles. The average molecular weight is 285 g/mol. The minimum atomic E-state index is -3.54. The molecular formula is C13H19NO4S. The number of amides is 1. The van der Waals surface area contributed by atoms with Gasteiger partial charge in [-0.05, 0) is 39.8 Å². The molecule has 0 saturated heterocycles. The molecular weight excluding hydrogens is 266 g/mol. The van der Waals surface area contributed by atoms with E-state index < -0.39 is 27.4 Å². The topological polar surface area (TPSA) is 72.5 Å². The van der Waals surface area contributed by atoms with Gasteiger partial charge >= 0.3 is 6.09 Å². The lowest BCUT2D eigenvalue weighted by atomic mass is 10.2. The standard InChI is InChI=1S/C13H19NO4S/c1-10-5-7-11(8-6-10)19(16,17)9-14-12(15)18-13(2,3)4/h5-8H,9H2,1-4H3,(H,14,15). The second kappa shape index (κ2) is 5.61. The van der Waals surface area contributed by atoms with Crippen LogP contribution in [0.2, 0.25) is 0 Å². The van der Waals surface area contributed by atoms with Gasteiger partial charge in [-0.1, -0.05) is 17.7 Å². The number of sulfone groups is 1. The molecule has 1 aromatic rings. The van der Waals surface area contributed by atoms with Crippen molar-refractivity contribution < 1.29 is 17.9 Å². The lowest BCUT2D eigenvalue weighted by Crippen LogP contribution is -2.35. The number of hydrogen-bond acceptors (Lipinski definition) is 4. The molecule has 0 unspecified atom stereocenters. The fourth-order valence-electron chi connectivity index (χ4n) is 1.30. The van der Waals surface area contributed by atoms with Gasteiger partial charge in [0.1, 0.15) is 11.5 Å². The minimum absolute atomic E-state index is 0.175. The summed E-state index contributed by atoms with van der Waals surface area (Å²) < 4.78 is 28.9. The Bertz CT molecular complexity index is 541. The molecule has 19 heavy (non-hydrogen) atoms. The van der Waals surface area contributed by atoms with Crippen LogP contribution in [0.4, 0.5) is 4.79 Å². The van der Waals surface area contributed by atoms with Crippen LogP contribution in [-0.4, -0.2) is 26.0 Å². The summed E-state index contributed by atoms with van der Waals surface area (Å²) in [6, 6.07) is 6.45. The van der Waals surface area contributed by atoms with Crippen LogP contribution in [0.25, 0.3) is 0 Å². The van der Waals surface area contributed by atoms with E-state index in [1.165, 1.54) is 12.1 Å². The van der Waals surface area contributed by atoms with Crippen molar-refractivity contribution in [2.45, 2.75) is 38.2 Å². The zero-order chi connectivity index (χ0) is 14.7. The predicted octanol–water partition coefficient (Wildman–Crippen LogP) is 2.25. The fraction of sp³-hybridized carbons (Fsp3) is 0.462. The lowest BCUT2D eigenvalue weighted by Gasteiger charge is -2.19. The molecule has 6 heteroatoms. The Morgan fingerprint density at radius 1 is 1.21 bits per heavy atom. The molecule has 0 aliphatic rings. The van der Waals surface area contributed by atoms with Crippen LogP contribution in [0.3, 0.4) is 0 Å². The Labute approximate surface area is 113 Å². The monoisotopic (exact) mass is 285 g/mol. The zero-order valence-electron chi connectivity index (χ0n) is 11.6. The maximum atomic E-state index is 11.9. The zero-order valence-corrected chi connectivity index (χ0v) is 12.4. The molecule has 0 radical (unpaired) electrons. The summed E-state index contributed by atoms with van der Waals surface area (Å²) in [7, 11) is -3.54. The van der Waals surface area contributed by atoms with E-state index in [9.17, 15) is 13.2 Å². The van der Waals surface area contributed by atoms with E-state index in [2.05, 4.69) is 5.32 Å². The summed E-state index contributed by atoms with van der Waals surface area (Å²) in [5.41, 5.74) is 0.316. The van der Waals surface area contributed by atoms with Gasteiger partial charge in [-0.2, -0.15) is 0 Å². The largest absolute Gasteiger partial charge is 0.444 e. The summed E-state index contributed by atoms with van der Waals surface area (Å²) in [6.07, 6.45) is -0.747. The summed E-state index contributed by atoms with van der Waals surface area (Å²) in [5, 5.41) is 2.24. The quantitative estimate of drug-likeness (QED) is 0.924. The number of benzene rings is 1. The second-order valence-corrected chi connectivity index (χ2v) is 7.24. The number of hydrogen-bond donors (Lipinski definition) is 1. The first-order valence-electron chi connectivity index (χ1n) is 5.86. The van der Waals surface area contributed by atoms with E-state index in [4.69, 9.17) is 4.74 Å². The van der Waals surface area contributed by atoms with Crippen molar-refractivity contribution >= 4 is 15.9 Å². The molecule has 5 nitrogen and oxygen atoms in total. The van der Waals surface area contributed by atoms with Crippen LogP contribution >= 0.6 is 0 Å². The molecule has 0 fully saturated rings. The third kappa shape index (κ3) is 5.30. The molecule has 0 atom stereocenters. The highest BCUT2D eigenvalue weighted by Gasteiger charge is 2.19. The van der Waals surface area contributed by atoms with Crippen LogP contribution in [0.5, 0.6) is 0 Å². The van der Waals surface area contributed by atoms with Gasteiger partial charge in [0.2, 0.25) is 0 Å². The van der Waals surface area contributed by atoms with E-state index >= 15 is 0 Å². The Balaban J connectivity index is 2.66. The molecule has 1 rings (SSSR count). The van der Waals surface area contributed by atoms with E-state index in [1.54, 1.807) is 32.9 Å². The predicted molar refractivity (Wildman–Crippen MR) is 72.6 cm³/mol. The third-order valence-electron chi connectivity index (χ3n) is 2.19. The number of aryl methyl sites for hydroxylation is 1. The van der Waals surface area contributed by atoms with Gasteiger partial charge in [0.05, 0.1) is 4.90 Å². The Morgan fingerprint density at radius 2 is 1.74 bits per heavy atom. The Morgan fingerprint density at radius 3 is 2.21 bits per heavy atom. The minimum Gasteiger partial charge on any atom is -0.444 e. The number of rotatable bonds is 3. The van der Waals surface area contributed by atoms with Gasteiger partial charge in [0, 0.05) is 0 Å². The van der Waals surface area contributed by atoms with Crippen LogP contribution in [0.15, 0.2) is 29.2 Å². The van der Waals surface area contributed by atoms with Gasteiger partial charge in [0.15, 0.2) is 9.84 Å². The highest BCUT2D eigenvalue weighted by atomic mass is 32.2. The average Bonchev–Trinajstić information content (AvgIpc) is 2.25. The third-order valence-corrected chi connectivity index (χ3v) is 3.70. The second-order valence-electron chi connectivity index (χ2n) is 5.25. The maximum absolute atomic E-state index is 11.9. The number of carbonyl (C=O) groups is 1. The molecule has 0 spiro atoms. The van der Waals surface area contributed by atoms with Gasteiger partial charge in [-0.3, -0.25) is 0 Å². The van der Waals surface area contributed by atoms with Crippen LogP contribution in [-0.2, 0) is 14.6 Å². The number of nitrogens with one attached hydrogen (secondary N) is 1. The number of carbonyl (C=O) groups excluding carboxylic acids is 1. The van der Waals surface area contributed by atoms with E-state index in [0.717, 1.165) is 5.56 Å². The first-order chi connectivity index (χ1) is 8.60. The highest BCUT2D eigenvalue weighted by molar-refractivity contribution is 7.91. The van der Waals surface area contributed by atoms with Crippen molar-refractivity contribution in [3.63, 3.8) is 0 Å². The molecule has 1 amide bonds. The molecule has 1 aromatic carbocycles. The lowest BCUT2D eigenvalue weighted by molar-refractivity contribution is 0.0537. The Kier molecular flexibility index (Phi) is 4.57. The van der Waals surface area contributed by atoms with Crippen molar-refractivity contribution in [2.75, 3.05) is 5.88 Å². The highest BCUT2D eigenvalue weighted by Crippen LogP contribution is 2.12. The van der Waals surface area contributed by atoms with E-state index in [1.807, 2.05) is 6.92 Å². The van der Waals surface area contributed by atoms with Crippen LogP contribution in [0.1, 0.15) is 26.3 Å². The SMILES string of the molecule is Cc1ccc(S(=O)(=O)CNC(=O)OC(C)(C)C)cc1.